The second kappa shape index (κ2) is 7.96. The molecular weight excluding hydrogens is 312 g/mol. The highest BCUT2D eigenvalue weighted by Gasteiger charge is 2.16. The van der Waals surface area contributed by atoms with Crippen LogP contribution < -0.4 is 0 Å². The lowest BCUT2D eigenvalue weighted by molar-refractivity contribution is 0.0957. The summed E-state index contributed by atoms with van der Waals surface area (Å²) in [5, 5.41) is 0.550. The second-order valence-corrected chi connectivity index (χ2v) is 5.99. The molecule has 3 heteroatoms. The molecule has 0 aromatic heterocycles. The van der Waals surface area contributed by atoms with Crippen molar-refractivity contribution in [2.24, 2.45) is 5.92 Å². The van der Waals surface area contributed by atoms with Crippen molar-refractivity contribution in [1.82, 2.24) is 0 Å². The molecular formula is C15H20BrClO. The minimum Gasteiger partial charge on any atom is -0.294 e. The van der Waals surface area contributed by atoms with Gasteiger partial charge in [0, 0.05) is 16.5 Å². The fraction of sp³-hybridized carbons (Fsp3) is 0.533. The van der Waals surface area contributed by atoms with Gasteiger partial charge in [-0.15, -0.1) is 0 Å². The first-order valence-corrected chi connectivity index (χ1v) is 7.73. The number of ketones is 1. The molecule has 0 heterocycles. The molecule has 0 aliphatic rings. The van der Waals surface area contributed by atoms with Crippen molar-refractivity contribution in [1.29, 1.82) is 0 Å². The molecule has 1 aromatic carbocycles. The van der Waals surface area contributed by atoms with E-state index >= 15 is 0 Å². The first kappa shape index (κ1) is 15.7. The van der Waals surface area contributed by atoms with Crippen molar-refractivity contribution >= 4 is 33.3 Å². The van der Waals surface area contributed by atoms with Gasteiger partial charge in [-0.05, 0) is 24.1 Å². The highest BCUT2D eigenvalue weighted by molar-refractivity contribution is 9.10. The van der Waals surface area contributed by atoms with Gasteiger partial charge in [0.05, 0.1) is 5.02 Å². The van der Waals surface area contributed by atoms with E-state index in [0.29, 0.717) is 22.9 Å². The quantitative estimate of drug-likeness (QED) is 0.569. The van der Waals surface area contributed by atoms with Gasteiger partial charge in [-0.25, -0.2) is 0 Å². The zero-order valence-electron chi connectivity index (χ0n) is 11.0. The Labute approximate surface area is 123 Å². The lowest BCUT2D eigenvalue weighted by Crippen LogP contribution is -2.09. The number of benzene rings is 1. The topological polar surface area (TPSA) is 17.1 Å². The third kappa shape index (κ3) is 4.74. The van der Waals surface area contributed by atoms with Gasteiger partial charge < -0.3 is 0 Å². The minimum absolute atomic E-state index is 0.157. The van der Waals surface area contributed by atoms with Crippen molar-refractivity contribution in [2.75, 3.05) is 0 Å². The summed E-state index contributed by atoms with van der Waals surface area (Å²) < 4.78 is 0.900. The van der Waals surface area contributed by atoms with Crippen molar-refractivity contribution < 1.29 is 4.79 Å². The molecule has 0 saturated carbocycles. The minimum atomic E-state index is 0.157. The van der Waals surface area contributed by atoms with E-state index in [1.807, 2.05) is 12.1 Å². The van der Waals surface area contributed by atoms with Crippen LogP contribution in [0.5, 0.6) is 0 Å². The van der Waals surface area contributed by atoms with E-state index in [4.69, 9.17) is 11.6 Å². The fourth-order valence-corrected chi connectivity index (χ4v) is 2.61. The van der Waals surface area contributed by atoms with E-state index in [9.17, 15) is 4.79 Å². The van der Waals surface area contributed by atoms with Crippen molar-refractivity contribution in [3.8, 4) is 0 Å². The molecule has 0 bridgehead atoms. The lowest BCUT2D eigenvalue weighted by atomic mass is 9.91. The molecule has 0 saturated heterocycles. The Morgan fingerprint density at radius 2 is 2.11 bits per heavy atom. The Bertz CT molecular complexity index is 403. The molecule has 0 radical (unpaired) electrons. The maximum absolute atomic E-state index is 12.2. The van der Waals surface area contributed by atoms with E-state index in [1.165, 1.54) is 12.8 Å². The first-order chi connectivity index (χ1) is 8.58. The Morgan fingerprint density at radius 3 is 2.72 bits per heavy atom. The molecule has 0 amide bonds. The van der Waals surface area contributed by atoms with Crippen LogP contribution in [0.4, 0.5) is 0 Å². The van der Waals surface area contributed by atoms with E-state index in [0.717, 1.165) is 17.3 Å². The normalized spacial score (nSPS) is 12.4. The molecule has 100 valence electrons. The zero-order chi connectivity index (χ0) is 13.5. The summed E-state index contributed by atoms with van der Waals surface area (Å²) in [6, 6.07) is 5.44. The summed E-state index contributed by atoms with van der Waals surface area (Å²) in [5.41, 5.74) is 0.640. The van der Waals surface area contributed by atoms with Crippen molar-refractivity contribution in [3.05, 3.63) is 33.3 Å². The number of carbonyl (C=O) groups is 1. The summed E-state index contributed by atoms with van der Waals surface area (Å²) in [6.07, 6.45) is 5.16. The van der Waals surface area contributed by atoms with Gasteiger partial charge >= 0.3 is 0 Å². The van der Waals surface area contributed by atoms with Crippen molar-refractivity contribution in [3.63, 3.8) is 0 Å². The molecule has 0 aliphatic carbocycles. The van der Waals surface area contributed by atoms with Crippen LogP contribution in [0.1, 0.15) is 56.3 Å². The second-order valence-electron chi connectivity index (χ2n) is 4.67. The summed E-state index contributed by atoms with van der Waals surface area (Å²) >= 11 is 9.46. The molecule has 0 aliphatic heterocycles. The van der Waals surface area contributed by atoms with Crippen LogP contribution in [0, 0.1) is 5.92 Å². The number of hydrogen-bond acceptors (Lipinski definition) is 1. The van der Waals surface area contributed by atoms with Gasteiger partial charge in [0.1, 0.15) is 0 Å². The average molecular weight is 332 g/mol. The van der Waals surface area contributed by atoms with Gasteiger partial charge in [-0.3, -0.25) is 4.79 Å². The molecule has 1 unspecified atom stereocenters. The van der Waals surface area contributed by atoms with Gasteiger partial charge in [-0.1, -0.05) is 67.1 Å². The van der Waals surface area contributed by atoms with Crippen LogP contribution in [0.15, 0.2) is 22.7 Å². The Balaban J connectivity index is 2.71. The highest BCUT2D eigenvalue weighted by Crippen LogP contribution is 2.25. The third-order valence-electron chi connectivity index (χ3n) is 3.25. The number of rotatable bonds is 7. The standard InChI is InChI=1S/C15H20BrClO/c1-3-5-6-11(4-2)9-15(18)13-10-12(16)7-8-14(13)17/h7-8,10-11H,3-6,9H2,1-2H3. The van der Waals surface area contributed by atoms with Crippen LogP contribution in [0.3, 0.4) is 0 Å². The smallest absolute Gasteiger partial charge is 0.164 e. The molecule has 0 fully saturated rings. The number of halogens is 2. The summed E-state index contributed by atoms with van der Waals surface area (Å²) in [4.78, 5) is 12.2. The van der Waals surface area contributed by atoms with E-state index in [1.54, 1.807) is 6.07 Å². The largest absolute Gasteiger partial charge is 0.294 e. The number of Topliss-reactive ketones (excluding diaryl/α,β-unsaturated/α-hetero) is 1. The maximum atomic E-state index is 12.2. The zero-order valence-corrected chi connectivity index (χ0v) is 13.4. The maximum Gasteiger partial charge on any atom is 0.164 e. The Kier molecular flexibility index (Phi) is 6.95. The predicted molar refractivity (Wildman–Crippen MR) is 81.4 cm³/mol. The SMILES string of the molecule is CCCCC(CC)CC(=O)c1cc(Br)ccc1Cl. The van der Waals surface area contributed by atoms with Crippen LogP contribution in [-0.2, 0) is 0 Å². The third-order valence-corrected chi connectivity index (χ3v) is 4.07. The molecule has 1 nitrogen and oxygen atoms in total. The first-order valence-electron chi connectivity index (χ1n) is 6.56. The Morgan fingerprint density at radius 1 is 1.39 bits per heavy atom. The number of carbonyl (C=O) groups excluding carboxylic acids is 1. The number of hydrogen-bond donors (Lipinski definition) is 0. The molecule has 0 spiro atoms. The molecule has 1 atom stereocenters. The molecule has 1 aromatic rings. The van der Waals surface area contributed by atoms with Crippen LogP contribution in [-0.4, -0.2) is 5.78 Å². The van der Waals surface area contributed by atoms with Crippen LogP contribution in [0.2, 0.25) is 5.02 Å². The number of unbranched alkanes of at least 4 members (excludes halogenated alkanes) is 1. The van der Waals surface area contributed by atoms with Crippen LogP contribution >= 0.6 is 27.5 Å². The fourth-order valence-electron chi connectivity index (χ4n) is 2.03. The van der Waals surface area contributed by atoms with Crippen LogP contribution in [0.25, 0.3) is 0 Å². The van der Waals surface area contributed by atoms with Gasteiger partial charge in [0.15, 0.2) is 5.78 Å². The lowest BCUT2D eigenvalue weighted by Gasteiger charge is -2.14. The van der Waals surface area contributed by atoms with Gasteiger partial charge in [0.25, 0.3) is 0 Å². The predicted octanol–water partition coefficient (Wildman–Crippen LogP) is 5.89. The van der Waals surface area contributed by atoms with E-state index in [2.05, 4.69) is 29.8 Å². The van der Waals surface area contributed by atoms with Gasteiger partial charge in [-0.2, -0.15) is 0 Å². The molecule has 18 heavy (non-hydrogen) atoms. The monoisotopic (exact) mass is 330 g/mol. The summed E-state index contributed by atoms with van der Waals surface area (Å²) in [7, 11) is 0. The van der Waals surface area contributed by atoms with E-state index < -0.39 is 0 Å². The van der Waals surface area contributed by atoms with E-state index in [-0.39, 0.29) is 5.78 Å². The molecule has 0 N–H and O–H groups in total. The van der Waals surface area contributed by atoms with Crippen molar-refractivity contribution in [2.45, 2.75) is 46.0 Å². The summed E-state index contributed by atoms with van der Waals surface area (Å²) in [5.74, 6) is 0.636. The summed E-state index contributed by atoms with van der Waals surface area (Å²) in [6.45, 7) is 4.33. The highest BCUT2D eigenvalue weighted by atomic mass is 79.9. The molecule has 1 rings (SSSR count). The Hall–Kier alpha value is -0.340. The average Bonchev–Trinajstić information content (AvgIpc) is 2.37. The van der Waals surface area contributed by atoms with Gasteiger partial charge in [0.2, 0.25) is 0 Å².